The molecule has 0 saturated carbocycles. The number of nitrogens with zero attached hydrogens (tertiary/aromatic N) is 4. The largest absolute Gasteiger partial charge is 0.270 e. The minimum absolute atomic E-state index is 0.677. The van der Waals surface area contributed by atoms with Gasteiger partial charge in [-0.1, -0.05) is 0 Å². The fraction of sp³-hybridized carbons (Fsp3) is 0.250. The van der Waals surface area contributed by atoms with E-state index in [1.807, 2.05) is 34.6 Å². The van der Waals surface area contributed by atoms with E-state index in [1.54, 1.807) is 12.4 Å². The summed E-state index contributed by atoms with van der Waals surface area (Å²) in [6.45, 7) is 1.35. The van der Waals surface area contributed by atoms with Crippen molar-refractivity contribution in [1.29, 1.82) is 0 Å². The standard InChI is InChI=1S/C8H10N4/c1-3-9-7-11(5-1)12-6-2-4-10-8-12/h1-6H,7-8H2. The maximum Gasteiger partial charge on any atom is 0.129 e. The molecule has 0 saturated heterocycles. The van der Waals surface area contributed by atoms with Gasteiger partial charge in [-0.15, -0.1) is 0 Å². The Morgan fingerprint density at radius 2 is 1.33 bits per heavy atom. The van der Waals surface area contributed by atoms with Crippen LogP contribution in [0.25, 0.3) is 0 Å². The molecule has 0 amide bonds. The predicted octanol–water partition coefficient (Wildman–Crippen LogP) is 0.617. The highest BCUT2D eigenvalue weighted by Gasteiger charge is 2.08. The van der Waals surface area contributed by atoms with Crippen LogP contribution in [0.1, 0.15) is 0 Å². The second kappa shape index (κ2) is 3.21. The normalized spacial score (nSPS) is 20.7. The molecule has 4 nitrogen and oxygen atoms in total. The fourth-order valence-corrected chi connectivity index (χ4v) is 1.09. The van der Waals surface area contributed by atoms with Gasteiger partial charge in [-0.3, -0.25) is 20.0 Å². The van der Waals surface area contributed by atoms with Crippen molar-refractivity contribution >= 4 is 12.4 Å². The molecule has 0 fully saturated rings. The van der Waals surface area contributed by atoms with Gasteiger partial charge in [-0.05, 0) is 12.2 Å². The first kappa shape index (κ1) is 7.09. The average molecular weight is 162 g/mol. The maximum atomic E-state index is 4.12. The number of hydrogen-bond donors (Lipinski definition) is 0. The lowest BCUT2D eigenvalue weighted by molar-refractivity contribution is 0.0818. The van der Waals surface area contributed by atoms with E-state index < -0.39 is 0 Å². The van der Waals surface area contributed by atoms with E-state index in [2.05, 4.69) is 9.98 Å². The number of aliphatic imine (C=N–C) groups is 2. The smallest absolute Gasteiger partial charge is 0.129 e. The van der Waals surface area contributed by atoms with Gasteiger partial charge in [0.15, 0.2) is 0 Å². The molecule has 0 aromatic carbocycles. The van der Waals surface area contributed by atoms with Crippen molar-refractivity contribution in [3.05, 3.63) is 24.6 Å². The zero-order valence-corrected chi connectivity index (χ0v) is 6.67. The van der Waals surface area contributed by atoms with Crippen molar-refractivity contribution < 1.29 is 0 Å². The molecule has 2 aliphatic heterocycles. The van der Waals surface area contributed by atoms with Crippen LogP contribution in [0.15, 0.2) is 34.5 Å². The molecule has 4 heteroatoms. The Bertz CT molecular complexity index is 236. The van der Waals surface area contributed by atoms with Gasteiger partial charge in [-0.2, -0.15) is 0 Å². The maximum absolute atomic E-state index is 4.12. The topological polar surface area (TPSA) is 31.2 Å². The van der Waals surface area contributed by atoms with Crippen LogP contribution in [-0.4, -0.2) is 35.8 Å². The summed E-state index contributed by atoms with van der Waals surface area (Å²) >= 11 is 0. The minimum Gasteiger partial charge on any atom is -0.270 e. The van der Waals surface area contributed by atoms with Crippen LogP contribution in [0.5, 0.6) is 0 Å². The molecule has 0 aromatic rings. The summed E-state index contributed by atoms with van der Waals surface area (Å²) in [5.41, 5.74) is 0. The molecule has 0 atom stereocenters. The number of hydrogen-bond acceptors (Lipinski definition) is 4. The Kier molecular flexibility index (Phi) is 1.90. The Hall–Kier alpha value is -1.58. The van der Waals surface area contributed by atoms with Gasteiger partial charge in [0.25, 0.3) is 0 Å². The SMILES string of the molecule is C1=CN(N2C=CC=NC2)CN=C1. The van der Waals surface area contributed by atoms with Crippen molar-refractivity contribution in [1.82, 2.24) is 10.0 Å². The van der Waals surface area contributed by atoms with Gasteiger partial charge in [0.05, 0.1) is 0 Å². The molecule has 0 unspecified atom stereocenters. The minimum atomic E-state index is 0.677. The number of allylic oxidation sites excluding steroid dienone is 2. The van der Waals surface area contributed by atoms with E-state index in [0.29, 0.717) is 13.3 Å². The molecule has 62 valence electrons. The summed E-state index contributed by atoms with van der Waals surface area (Å²) in [5, 5.41) is 4.01. The van der Waals surface area contributed by atoms with E-state index in [9.17, 15) is 0 Å². The molecular formula is C8H10N4. The molecule has 2 heterocycles. The Morgan fingerprint density at radius 1 is 0.833 bits per heavy atom. The van der Waals surface area contributed by atoms with Gasteiger partial charge in [0.2, 0.25) is 0 Å². The lowest BCUT2D eigenvalue weighted by Gasteiger charge is -2.32. The van der Waals surface area contributed by atoms with Gasteiger partial charge in [-0.25, -0.2) is 0 Å². The van der Waals surface area contributed by atoms with Crippen molar-refractivity contribution in [2.45, 2.75) is 0 Å². The highest BCUT2D eigenvalue weighted by atomic mass is 15.6. The van der Waals surface area contributed by atoms with Gasteiger partial charge >= 0.3 is 0 Å². The average Bonchev–Trinajstić information content (AvgIpc) is 2.21. The Morgan fingerprint density at radius 3 is 1.67 bits per heavy atom. The van der Waals surface area contributed by atoms with Crippen molar-refractivity contribution in [2.24, 2.45) is 9.98 Å². The Balaban J connectivity index is 2.01. The zero-order valence-electron chi connectivity index (χ0n) is 6.67. The van der Waals surface area contributed by atoms with Gasteiger partial charge in [0.1, 0.15) is 13.3 Å². The van der Waals surface area contributed by atoms with E-state index in [0.717, 1.165) is 0 Å². The molecule has 12 heavy (non-hydrogen) atoms. The van der Waals surface area contributed by atoms with Crippen molar-refractivity contribution in [3.8, 4) is 0 Å². The first-order valence-electron chi connectivity index (χ1n) is 3.83. The Labute approximate surface area is 71.2 Å². The molecule has 0 aliphatic carbocycles. The van der Waals surface area contributed by atoms with E-state index >= 15 is 0 Å². The highest BCUT2D eigenvalue weighted by Crippen LogP contribution is 2.05. The van der Waals surface area contributed by atoms with Gasteiger partial charge < -0.3 is 0 Å². The predicted molar refractivity (Wildman–Crippen MR) is 48.7 cm³/mol. The third kappa shape index (κ3) is 1.37. The third-order valence-electron chi connectivity index (χ3n) is 1.68. The molecule has 2 aliphatic rings. The summed E-state index contributed by atoms with van der Waals surface area (Å²) in [5.74, 6) is 0. The highest BCUT2D eigenvalue weighted by molar-refractivity contribution is 5.72. The van der Waals surface area contributed by atoms with E-state index in [4.69, 9.17) is 0 Å². The summed E-state index contributed by atoms with van der Waals surface area (Å²) in [6, 6.07) is 0. The third-order valence-corrected chi connectivity index (χ3v) is 1.68. The number of rotatable bonds is 1. The van der Waals surface area contributed by atoms with Crippen molar-refractivity contribution in [2.75, 3.05) is 13.3 Å². The van der Waals surface area contributed by atoms with Crippen LogP contribution in [0.4, 0.5) is 0 Å². The van der Waals surface area contributed by atoms with Crippen molar-refractivity contribution in [3.63, 3.8) is 0 Å². The van der Waals surface area contributed by atoms with E-state index in [1.165, 1.54) is 0 Å². The first-order chi connectivity index (χ1) is 5.97. The van der Waals surface area contributed by atoms with Crippen LogP contribution < -0.4 is 0 Å². The second-order valence-corrected chi connectivity index (χ2v) is 2.51. The quantitative estimate of drug-likeness (QED) is 0.566. The lowest BCUT2D eigenvalue weighted by Crippen LogP contribution is -2.37. The zero-order chi connectivity index (χ0) is 8.23. The number of hydrazine groups is 1. The van der Waals surface area contributed by atoms with Crippen LogP contribution >= 0.6 is 0 Å². The second-order valence-electron chi connectivity index (χ2n) is 2.51. The summed E-state index contributed by atoms with van der Waals surface area (Å²) < 4.78 is 0. The summed E-state index contributed by atoms with van der Waals surface area (Å²) in [4.78, 5) is 8.24. The van der Waals surface area contributed by atoms with Gasteiger partial charge in [0, 0.05) is 24.8 Å². The monoisotopic (exact) mass is 162 g/mol. The first-order valence-corrected chi connectivity index (χ1v) is 3.83. The molecule has 0 radical (unpaired) electrons. The summed E-state index contributed by atoms with van der Waals surface area (Å²) in [6.07, 6.45) is 11.4. The summed E-state index contributed by atoms with van der Waals surface area (Å²) in [7, 11) is 0. The molecule has 0 aromatic heterocycles. The van der Waals surface area contributed by atoms with Crippen LogP contribution in [0, 0.1) is 0 Å². The molecular weight excluding hydrogens is 152 g/mol. The van der Waals surface area contributed by atoms with E-state index in [-0.39, 0.29) is 0 Å². The molecule has 0 bridgehead atoms. The molecule has 0 N–H and O–H groups in total. The molecule has 0 spiro atoms. The van der Waals surface area contributed by atoms with Crippen LogP contribution in [-0.2, 0) is 0 Å². The van der Waals surface area contributed by atoms with Crippen LogP contribution in [0.2, 0.25) is 0 Å². The molecule has 2 rings (SSSR count). The lowest BCUT2D eigenvalue weighted by atomic mass is 10.5. The van der Waals surface area contributed by atoms with Crippen LogP contribution in [0.3, 0.4) is 0 Å². The fourth-order valence-electron chi connectivity index (χ4n) is 1.09.